The molecule has 1 N–H and O–H groups in total. The van der Waals surface area contributed by atoms with Crippen molar-refractivity contribution in [3.05, 3.63) is 71.8 Å². The van der Waals surface area contributed by atoms with E-state index in [1.165, 1.54) is 28.4 Å². The first-order valence-electron chi connectivity index (χ1n) is 8.77. The third kappa shape index (κ3) is 2.63. The molecule has 1 amide bonds. The van der Waals surface area contributed by atoms with Crippen LogP contribution in [0.25, 0.3) is 6.08 Å². The monoisotopic (exact) mass is 389 g/mol. The van der Waals surface area contributed by atoms with E-state index in [-0.39, 0.29) is 11.7 Å². The number of phenols is 1. The van der Waals surface area contributed by atoms with Crippen molar-refractivity contribution in [3.8, 4) is 17.2 Å². The molecule has 1 aromatic heterocycles. The number of nitrogens with zero attached hydrogens (tertiary/aromatic N) is 5. The van der Waals surface area contributed by atoms with Crippen molar-refractivity contribution in [1.82, 2.24) is 19.8 Å². The Bertz CT molecular complexity index is 1170. The molecule has 5 rings (SSSR count). The van der Waals surface area contributed by atoms with Crippen LogP contribution in [0.1, 0.15) is 21.5 Å². The predicted molar refractivity (Wildman–Crippen MR) is 103 cm³/mol. The number of aromatic hydroxyl groups is 1. The second-order valence-electron chi connectivity index (χ2n) is 6.53. The largest absolute Gasteiger partial charge is 0.507 e. The second-order valence-corrected chi connectivity index (χ2v) is 6.53. The Morgan fingerprint density at radius 2 is 1.93 bits per heavy atom. The van der Waals surface area contributed by atoms with E-state index in [9.17, 15) is 9.90 Å². The van der Waals surface area contributed by atoms with Crippen LogP contribution < -0.4 is 9.47 Å². The molecule has 3 heterocycles. The van der Waals surface area contributed by atoms with Gasteiger partial charge in [-0.05, 0) is 30.3 Å². The van der Waals surface area contributed by atoms with Crippen molar-refractivity contribution < 1.29 is 19.4 Å². The molecule has 9 nitrogen and oxygen atoms in total. The Hall–Kier alpha value is -4.14. The van der Waals surface area contributed by atoms with Crippen molar-refractivity contribution in [2.75, 3.05) is 7.05 Å². The Morgan fingerprint density at radius 3 is 2.76 bits per heavy atom. The number of hydrogen-bond donors (Lipinski definition) is 1. The van der Waals surface area contributed by atoms with Crippen molar-refractivity contribution >= 4 is 18.2 Å². The first-order chi connectivity index (χ1) is 14.1. The minimum Gasteiger partial charge on any atom is -0.507 e. The summed E-state index contributed by atoms with van der Waals surface area (Å²) < 4.78 is 13.7. The maximum atomic E-state index is 12.9. The van der Waals surface area contributed by atoms with Crippen LogP contribution in [0.4, 0.5) is 0 Å². The Kier molecular flexibility index (Phi) is 3.63. The van der Waals surface area contributed by atoms with Gasteiger partial charge in [-0.15, -0.1) is 10.2 Å². The molecule has 144 valence electrons. The molecular formula is C20H15N5O4. The Labute approximate surface area is 165 Å². The molecule has 2 aliphatic heterocycles. The number of likely N-dealkylation sites (N-methyl/N-ethyl adjacent to an activating group) is 1. The standard InChI is InChI=1S/C20H15N5O4/c1-24-19(27)14-4-2-3-5-17(14)28-20(24)9-8-13-6-7-16(26)15(18(13)29-20)10-23-25-11-21-22-12-25/h2-12,26H,1H3/b23-10+. The summed E-state index contributed by atoms with van der Waals surface area (Å²) in [5.74, 6) is -0.992. The number of hydrogen-bond acceptors (Lipinski definition) is 7. The van der Waals surface area contributed by atoms with Crippen molar-refractivity contribution in [2.45, 2.75) is 5.91 Å². The van der Waals surface area contributed by atoms with Gasteiger partial charge in [-0.1, -0.05) is 12.1 Å². The van der Waals surface area contributed by atoms with E-state index < -0.39 is 5.91 Å². The Morgan fingerprint density at radius 1 is 1.14 bits per heavy atom. The maximum Gasteiger partial charge on any atom is 0.362 e. The van der Waals surface area contributed by atoms with E-state index in [2.05, 4.69) is 15.3 Å². The summed E-state index contributed by atoms with van der Waals surface area (Å²) in [5.41, 5.74) is 1.50. The number of carbonyl (C=O) groups excluding carboxylic acids is 1. The van der Waals surface area contributed by atoms with Crippen LogP contribution >= 0.6 is 0 Å². The lowest BCUT2D eigenvalue weighted by molar-refractivity contribution is -0.166. The zero-order valence-electron chi connectivity index (χ0n) is 15.3. The molecule has 2 aliphatic rings. The fraction of sp³-hybridized carbons (Fsp3) is 0.100. The smallest absolute Gasteiger partial charge is 0.362 e. The molecular weight excluding hydrogens is 374 g/mol. The number of phenolic OH excluding ortho intramolecular Hbond substituents is 1. The predicted octanol–water partition coefficient (Wildman–Crippen LogP) is 2.09. The lowest BCUT2D eigenvalue weighted by Gasteiger charge is -2.44. The van der Waals surface area contributed by atoms with Gasteiger partial charge in [0.05, 0.1) is 17.3 Å². The first-order valence-corrected chi connectivity index (χ1v) is 8.77. The third-order valence-electron chi connectivity index (χ3n) is 4.80. The molecule has 0 saturated carbocycles. The molecule has 29 heavy (non-hydrogen) atoms. The van der Waals surface area contributed by atoms with E-state index in [0.29, 0.717) is 28.2 Å². The molecule has 0 fully saturated rings. The van der Waals surface area contributed by atoms with Gasteiger partial charge in [0.15, 0.2) is 0 Å². The zero-order valence-corrected chi connectivity index (χ0v) is 15.3. The Balaban J connectivity index is 1.59. The average Bonchev–Trinajstić information content (AvgIpc) is 3.25. The minimum absolute atomic E-state index is 0.0313. The number of benzene rings is 2. The fourth-order valence-corrected chi connectivity index (χ4v) is 3.25. The normalized spacial score (nSPS) is 19.8. The van der Waals surface area contributed by atoms with Gasteiger partial charge < -0.3 is 14.6 Å². The van der Waals surface area contributed by atoms with Gasteiger partial charge in [0.25, 0.3) is 5.91 Å². The van der Waals surface area contributed by atoms with Gasteiger partial charge in [-0.2, -0.15) is 5.10 Å². The highest BCUT2D eigenvalue weighted by atomic mass is 16.7. The summed E-state index contributed by atoms with van der Waals surface area (Å²) in [6, 6.07) is 10.2. The zero-order chi connectivity index (χ0) is 20.0. The highest BCUT2D eigenvalue weighted by Crippen LogP contribution is 2.42. The van der Waals surface area contributed by atoms with E-state index in [1.54, 1.807) is 55.6 Å². The molecule has 2 aromatic carbocycles. The summed E-state index contributed by atoms with van der Waals surface area (Å²) >= 11 is 0. The number of rotatable bonds is 2. The average molecular weight is 389 g/mol. The van der Waals surface area contributed by atoms with Crippen LogP contribution in [0, 0.1) is 0 Å². The first kappa shape index (κ1) is 17.0. The van der Waals surface area contributed by atoms with Gasteiger partial charge in [0.2, 0.25) is 0 Å². The topological polar surface area (TPSA) is 102 Å². The lowest BCUT2D eigenvalue weighted by Crippen LogP contribution is -2.60. The van der Waals surface area contributed by atoms with Gasteiger partial charge in [-0.3, -0.25) is 9.69 Å². The summed E-state index contributed by atoms with van der Waals surface area (Å²) in [5, 5.41) is 22.0. The summed E-state index contributed by atoms with van der Waals surface area (Å²) in [6.07, 6.45) is 7.72. The van der Waals surface area contributed by atoms with Crippen molar-refractivity contribution in [2.24, 2.45) is 5.10 Å². The molecule has 0 aliphatic carbocycles. The quantitative estimate of drug-likeness (QED) is 0.674. The molecule has 9 heteroatoms. The van der Waals surface area contributed by atoms with Gasteiger partial charge in [0, 0.05) is 18.7 Å². The van der Waals surface area contributed by atoms with E-state index in [1.807, 2.05) is 0 Å². The number of ether oxygens (including phenoxy) is 2. The van der Waals surface area contributed by atoms with E-state index >= 15 is 0 Å². The minimum atomic E-state index is -1.48. The molecule has 3 aromatic rings. The van der Waals surface area contributed by atoms with Gasteiger partial charge >= 0.3 is 5.91 Å². The SMILES string of the molecule is CN1C(=O)c2ccccc2OC12C=Cc1ccc(O)c(/C=N/n3cnnc3)c1O2. The fourth-order valence-electron chi connectivity index (χ4n) is 3.25. The van der Waals surface area contributed by atoms with Crippen LogP contribution in [0.15, 0.2) is 60.2 Å². The number of carbonyl (C=O) groups is 1. The third-order valence-corrected chi connectivity index (χ3v) is 4.80. The van der Waals surface area contributed by atoms with Crippen LogP contribution in [0.2, 0.25) is 0 Å². The molecule has 0 bridgehead atoms. The van der Waals surface area contributed by atoms with Gasteiger partial charge in [-0.25, -0.2) is 4.68 Å². The van der Waals surface area contributed by atoms with Crippen LogP contribution in [-0.2, 0) is 0 Å². The van der Waals surface area contributed by atoms with Crippen LogP contribution in [0.5, 0.6) is 17.2 Å². The number of amides is 1. The summed E-state index contributed by atoms with van der Waals surface area (Å²) in [7, 11) is 1.60. The lowest BCUT2D eigenvalue weighted by atomic mass is 10.0. The van der Waals surface area contributed by atoms with Crippen molar-refractivity contribution in [1.29, 1.82) is 0 Å². The number of aromatic nitrogens is 3. The molecule has 1 atom stereocenters. The highest BCUT2D eigenvalue weighted by Gasteiger charge is 2.48. The molecule has 0 radical (unpaired) electrons. The van der Waals surface area contributed by atoms with Crippen LogP contribution in [0.3, 0.4) is 0 Å². The summed E-state index contributed by atoms with van der Waals surface area (Å²) in [4.78, 5) is 14.2. The van der Waals surface area contributed by atoms with Crippen LogP contribution in [-0.4, -0.2) is 50.0 Å². The number of para-hydroxylation sites is 1. The molecule has 0 saturated heterocycles. The van der Waals surface area contributed by atoms with E-state index in [4.69, 9.17) is 9.47 Å². The van der Waals surface area contributed by atoms with E-state index in [0.717, 1.165) is 0 Å². The maximum absolute atomic E-state index is 12.9. The second kappa shape index (κ2) is 6.20. The molecule has 1 spiro atoms. The molecule has 1 unspecified atom stereocenters. The van der Waals surface area contributed by atoms with Gasteiger partial charge in [0.1, 0.15) is 29.9 Å². The van der Waals surface area contributed by atoms with Crippen molar-refractivity contribution in [3.63, 3.8) is 0 Å². The number of fused-ring (bicyclic) bond motifs is 2. The summed E-state index contributed by atoms with van der Waals surface area (Å²) in [6.45, 7) is 0. The highest BCUT2D eigenvalue weighted by molar-refractivity contribution is 5.98.